The topological polar surface area (TPSA) is 71.4 Å². The van der Waals surface area contributed by atoms with E-state index in [1.54, 1.807) is 0 Å². The SMILES string of the molecule is N#CCCCCCC(C#N)CCCCC#N. The Labute approximate surface area is 98.3 Å². The summed E-state index contributed by atoms with van der Waals surface area (Å²) in [4.78, 5) is 0. The summed E-state index contributed by atoms with van der Waals surface area (Å²) in [7, 11) is 0. The molecule has 0 fully saturated rings. The van der Waals surface area contributed by atoms with E-state index in [9.17, 15) is 0 Å². The third kappa shape index (κ3) is 9.04. The Balaban J connectivity index is 3.43. The maximum Gasteiger partial charge on any atom is 0.0655 e. The van der Waals surface area contributed by atoms with E-state index in [-0.39, 0.29) is 5.92 Å². The fourth-order valence-corrected chi connectivity index (χ4v) is 1.64. The van der Waals surface area contributed by atoms with E-state index < -0.39 is 0 Å². The van der Waals surface area contributed by atoms with Crippen molar-refractivity contribution in [1.82, 2.24) is 0 Å². The molecule has 0 radical (unpaired) electrons. The van der Waals surface area contributed by atoms with Gasteiger partial charge in [0.2, 0.25) is 0 Å². The molecular weight excluding hydrogens is 198 g/mol. The van der Waals surface area contributed by atoms with E-state index in [1.807, 2.05) is 0 Å². The smallest absolute Gasteiger partial charge is 0.0655 e. The highest BCUT2D eigenvalue weighted by Gasteiger charge is 2.06. The summed E-state index contributed by atoms with van der Waals surface area (Å²) >= 11 is 0. The molecule has 16 heavy (non-hydrogen) atoms. The van der Waals surface area contributed by atoms with Gasteiger partial charge in [0, 0.05) is 18.8 Å². The van der Waals surface area contributed by atoms with Gasteiger partial charge in [-0.15, -0.1) is 0 Å². The minimum absolute atomic E-state index is 0.140. The first kappa shape index (κ1) is 14.5. The van der Waals surface area contributed by atoms with Crippen LogP contribution in [-0.2, 0) is 0 Å². The van der Waals surface area contributed by atoms with E-state index in [4.69, 9.17) is 15.8 Å². The highest BCUT2D eigenvalue weighted by atomic mass is 14.3. The van der Waals surface area contributed by atoms with Crippen molar-refractivity contribution in [3.05, 3.63) is 0 Å². The molecule has 0 aliphatic rings. The molecule has 1 unspecified atom stereocenters. The Morgan fingerprint density at radius 2 is 1.19 bits per heavy atom. The molecule has 0 aromatic carbocycles. The average molecular weight is 217 g/mol. The molecule has 0 bridgehead atoms. The Bertz CT molecular complexity index is 277. The number of unbranched alkanes of at least 4 members (excludes halogenated alkanes) is 5. The molecule has 0 spiro atoms. The first-order valence-electron chi connectivity index (χ1n) is 5.98. The number of hydrogen-bond acceptors (Lipinski definition) is 3. The summed E-state index contributed by atoms with van der Waals surface area (Å²) in [6, 6.07) is 6.56. The second-order valence-electron chi connectivity index (χ2n) is 3.99. The van der Waals surface area contributed by atoms with Crippen molar-refractivity contribution in [1.29, 1.82) is 15.8 Å². The van der Waals surface area contributed by atoms with Crippen molar-refractivity contribution in [2.75, 3.05) is 0 Å². The van der Waals surface area contributed by atoms with Gasteiger partial charge in [-0.05, 0) is 25.7 Å². The second-order valence-corrected chi connectivity index (χ2v) is 3.99. The van der Waals surface area contributed by atoms with E-state index >= 15 is 0 Å². The minimum Gasteiger partial charge on any atom is -0.198 e. The minimum atomic E-state index is 0.140. The molecule has 1 atom stereocenters. The normalized spacial score (nSPS) is 11.1. The van der Waals surface area contributed by atoms with E-state index in [2.05, 4.69) is 18.2 Å². The summed E-state index contributed by atoms with van der Waals surface area (Å²) in [5.41, 5.74) is 0. The van der Waals surface area contributed by atoms with Crippen molar-refractivity contribution in [3.63, 3.8) is 0 Å². The standard InChI is InChI=1S/C13H19N3/c14-10-6-2-1-4-8-13(12-16)9-5-3-7-11-15/h13H,1-9H2. The van der Waals surface area contributed by atoms with E-state index in [0.29, 0.717) is 12.8 Å². The molecule has 0 N–H and O–H groups in total. The van der Waals surface area contributed by atoms with Crippen molar-refractivity contribution in [3.8, 4) is 18.2 Å². The van der Waals surface area contributed by atoms with Crippen LogP contribution in [0.3, 0.4) is 0 Å². The number of nitriles is 3. The third-order valence-corrected chi connectivity index (χ3v) is 2.61. The highest BCUT2D eigenvalue weighted by molar-refractivity contribution is 4.83. The summed E-state index contributed by atoms with van der Waals surface area (Å²) in [5.74, 6) is 0.140. The van der Waals surface area contributed by atoms with Crippen LogP contribution in [0.5, 0.6) is 0 Å². The van der Waals surface area contributed by atoms with Gasteiger partial charge in [-0.25, -0.2) is 0 Å². The summed E-state index contributed by atoms with van der Waals surface area (Å²) < 4.78 is 0. The van der Waals surface area contributed by atoms with Crippen LogP contribution >= 0.6 is 0 Å². The quantitative estimate of drug-likeness (QED) is 0.553. The highest BCUT2D eigenvalue weighted by Crippen LogP contribution is 2.16. The molecule has 0 aromatic rings. The zero-order valence-corrected chi connectivity index (χ0v) is 9.78. The molecule has 0 saturated carbocycles. The lowest BCUT2D eigenvalue weighted by atomic mass is 9.96. The molecule has 0 amide bonds. The molecule has 3 nitrogen and oxygen atoms in total. The van der Waals surface area contributed by atoms with Gasteiger partial charge in [0.25, 0.3) is 0 Å². The summed E-state index contributed by atoms with van der Waals surface area (Å²) in [5, 5.41) is 25.6. The van der Waals surface area contributed by atoms with Gasteiger partial charge in [0.1, 0.15) is 0 Å². The molecule has 3 heteroatoms. The lowest BCUT2D eigenvalue weighted by Crippen LogP contribution is -1.97. The number of nitrogens with zero attached hydrogens (tertiary/aromatic N) is 3. The van der Waals surface area contributed by atoms with E-state index in [1.165, 1.54) is 0 Å². The zero-order valence-electron chi connectivity index (χ0n) is 9.78. The van der Waals surface area contributed by atoms with Crippen LogP contribution in [-0.4, -0.2) is 0 Å². The van der Waals surface area contributed by atoms with Crippen molar-refractivity contribution < 1.29 is 0 Å². The van der Waals surface area contributed by atoms with Crippen molar-refractivity contribution in [2.24, 2.45) is 5.92 Å². The molecule has 0 heterocycles. The molecular formula is C13H19N3. The Morgan fingerprint density at radius 1 is 0.688 bits per heavy atom. The van der Waals surface area contributed by atoms with Crippen LogP contribution in [0.1, 0.15) is 57.8 Å². The van der Waals surface area contributed by atoms with Gasteiger partial charge in [0.15, 0.2) is 0 Å². The maximum atomic E-state index is 8.92. The fourth-order valence-electron chi connectivity index (χ4n) is 1.64. The molecule has 86 valence electrons. The van der Waals surface area contributed by atoms with Crippen LogP contribution in [0, 0.1) is 39.9 Å². The van der Waals surface area contributed by atoms with Gasteiger partial charge in [-0.3, -0.25) is 0 Å². The first-order chi connectivity index (χ1) is 7.85. The maximum absolute atomic E-state index is 8.92. The predicted octanol–water partition coefficient (Wildman–Crippen LogP) is 3.68. The summed E-state index contributed by atoms with van der Waals surface area (Å²) in [6.45, 7) is 0. The fraction of sp³-hybridized carbons (Fsp3) is 0.769. The predicted molar refractivity (Wildman–Crippen MR) is 61.9 cm³/mol. The lowest BCUT2D eigenvalue weighted by Gasteiger charge is -2.07. The number of rotatable bonds is 9. The lowest BCUT2D eigenvalue weighted by molar-refractivity contribution is 0.491. The Kier molecular flexibility index (Phi) is 10.4. The van der Waals surface area contributed by atoms with Gasteiger partial charge in [-0.1, -0.05) is 19.3 Å². The summed E-state index contributed by atoms with van der Waals surface area (Å²) in [6.07, 6.45) is 7.99. The monoisotopic (exact) mass is 217 g/mol. The first-order valence-corrected chi connectivity index (χ1v) is 5.98. The largest absolute Gasteiger partial charge is 0.198 e. The van der Waals surface area contributed by atoms with Crippen LogP contribution < -0.4 is 0 Å². The number of hydrogen-bond donors (Lipinski definition) is 0. The Hall–Kier alpha value is -1.53. The van der Waals surface area contributed by atoms with Crippen molar-refractivity contribution >= 4 is 0 Å². The van der Waals surface area contributed by atoms with Crippen LogP contribution in [0.15, 0.2) is 0 Å². The van der Waals surface area contributed by atoms with Gasteiger partial charge < -0.3 is 0 Å². The molecule has 0 aliphatic carbocycles. The molecule has 0 saturated heterocycles. The average Bonchev–Trinajstić information content (AvgIpc) is 2.31. The van der Waals surface area contributed by atoms with Gasteiger partial charge in [0.05, 0.1) is 18.2 Å². The van der Waals surface area contributed by atoms with Crippen LogP contribution in [0.2, 0.25) is 0 Å². The Morgan fingerprint density at radius 3 is 1.69 bits per heavy atom. The van der Waals surface area contributed by atoms with E-state index in [0.717, 1.165) is 44.9 Å². The third-order valence-electron chi connectivity index (χ3n) is 2.61. The molecule has 0 aromatic heterocycles. The zero-order chi connectivity index (χ0) is 12.1. The molecule has 0 rings (SSSR count). The van der Waals surface area contributed by atoms with Crippen LogP contribution in [0.25, 0.3) is 0 Å². The van der Waals surface area contributed by atoms with Gasteiger partial charge in [-0.2, -0.15) is 15.8 Å². The second kappa shape index (κ2) is 11.5. The van der Waals surface area contributed by atoms with Crippen LogP contribution in [0.4, 0.5) is 0 Å². The van der Waals surface area contributed by atoms with Crippen molar-refractivity contribution in [2.45, 2.75) is 57.8 Å². The van der Waals surface area contributed by atoms with Gasteiger partial charge >= 0.3 is 0 Å². The molecule has 0 aliphatic heterocycles.